The molecule has 0 unspecified atom stereocenters. The van der Waals surface area contributed by atoms with E-state index < -0.39 is 0 Å². The first kappa shape index (κ1) is 11.2. The summed E-state index contributed by atoms with van der Waals surface area (Å²) >= 11 is 0. The van der Waals surface area contributed by atoms with Crippen molar-refractivity contribution in [3.05, 3.63) is 41.9 Å². The zero-order valence-corrected chi connectivity index (χ0v) is 10.3. The number of rotatable bonds is 2. The molecule has 0 spiro atoms. The minimum Gasteiger partial charge on any atom is -0.488 e. The van der Waals surface area contributed by atoms with Gasteiger partial charge in [0.2, 0.25) is 0 Å². The van der Waals surface area contributed by atoms with Gasteiger partial charge in [0.05, 0.1) is 11.4 Å². The van der Waals surface area contributed by atoms with Gasteiger partial charge in [-0.15, -0.1) is 0 Å². The second kappa shape index (κ2) is 4.38. The Hall–Kier alpha value is -1.94. The van der Waals surface area contributed by atoms with Gasteiger partial charge in [0.1, 0.15) is 11.9 Å². The van der Waals surface area contributed by atoms with Crippen molar-refractivity contribution in [2.45, 2.75) is 19.4 Å². The molecule has 2 aromatic rings. The molecule has 1 aromatic carbocycles. The molecule has 0 radical (unpaired) electrons. The molecule has 0 saturated carbocycles. The summed E-state index contributed by atoms with van der Waals surface area (Å²) in [6, 6.07) is 6.14. The van der Waals surface area contributed by atoms with Gasteiger partial charge < -0.3 is 10.5 Å². The monoisotopic (exact) mass is 241 g/mol. The first-order valence-corrected chi connectivity index (χ1v) is 6.06. The van der Waals surface area contributed by atoms with Crippen LogP contribution in [0.5, 0.6) is 5.75 Å². The number of nitrogens with zero attached hydrogens (tertiary/aromatic N) is 2. The number of nitrogens with two attached hydrogens (primary N) is 1. The Morgan fingerprint density at radius 1 is 1.33 bits per heavy atom. The van der Waals surface area contributed by atoms with E-state index in [0.29, 0.717) is 6.54 Å². The molecule has 0 aliphatic carbocycles. The fraction of sp³-hybridized carbons (Fsp3) is 0.286. The maximum atomic E-state index is 5.90. The van der Waals surface area contributed by atoms with E-state index in [1.807, 2.05) is 19.1 Å². The maximum Gasteiger partial charge on any atom is 0.132 e. The van der Waals surface area contributed by atoms with Gasteiger partial charge in [-0.3, -0.25) is 9.97 Å². The van der Waals surface area contributed by atoms with Crippen LogP contribution in [0.3, 0.4) is 0 Å². The lowest BCUT2D eigenvalue weighted by Crippen LogP contribution is -2.24. The standard InChI is InChI=1S/C14H15N3O/c1-9-13(17-6-5-16-9)12-4-2-3-10-7-11(8-15)18-14(10)12/h2-6,11H,7-8,15H2,1H3/t11-/m0/s1. The molecule has 1 aliphatic rings. The summed E-state index contributed by atoms with van der Waals surface area (Å²) in [5.41, 5.74) is 9.68. The fourth-order valence-electron chi connectivity index (χ4n) is 2.33. The second-order valence-corrected chi connectivity index (χ2v) is 4.46. The lowest BCUT2D eigenvalue weighted by molar-refractivity contribution is 0.242. The van der Waals surface area contributed by atoms with Gasteiger partial charge in [-0.1, -0.05) is 12.1 Å². The van der Waals surface area contributed by atoms with Crippen molar-refractivity contribution >= 4 is 0 Å². The Labute approximate surface area is 106 Å². The van der Waals surface area contributed by atoms with Gasteiger partial charge in [-0.25, -0.2) is 0 Å². The Balaban J connectivity index is 2.11. The maximum absolute atomic E-state index is 5.90. The van der Waals surface area contributed by atoms with Crippen LogP contribution in [0.25, 0.3) is 11.3 Å². The average molecular weight is 241 g/mol. The lowest BCUT2D eigenvalue weighted by Gasteiger charge is -2.11. The van der Waals surface area contributed by atoms with Crippen molar-refractivity contribution in [3.8, 4) is 17.0 Å². The summed E-state index contributed by atoms with van der Waals surface area (Å²) in [4.78, 5) is 8.68. The number of benzene rings is 1. The molecular formula is C14H15N3O. The average Bonchev–Trinajstić information content (AvgIpc) is 2.82. The van der Waals surface area contributed by atoms with E-state index in [2.05, 4.69) is 16.0 Å². The Bertz CT molecular complexity index is 583. The number of fused-ring (bicyclic) bond motifs is 1. The molecule has 18 heavy (non-hydrogen) atoms. The van der Waals surface area contributed by atoms with Crippen LogP contribution in [0.4, 0.5) is 0 Å². The first-order valence-electron chi connectivity index (χ1n) is 6.06. The Morgan fingerprint density at radius 2 is 2.17 bits per heavy atom. The topological polar surface area (TPSA) is 61.0 Å². The third-order valence-electron chi connectivity index (χ3n) is 3.23. The van der Waals surface area contributed by atoms with Crippen molar-refractivity contribution in [1.29, 1.82) is 0 Å². The van der Waals surface area contributed by atoms with Gasteiger partial charge in [0.15, 0.2) is 0 Å². The molecule has 4 nitrogen and oxygen atoms in total. The van der Waals surface area contributed by atoms with Gasteiger partial charge in [0.25, 0.3) is 0 Å². The van der Waals surface area contributed by atoms with E-state index in [1.54, 1.807) is 12.4 Å². The van der Waals surface area contributed by atoms with E-state index in [1.165, 1.54) is 5.56 Å². The normalized spacial score (nSPS) is 17.3. The molecule has 0 fully saturated rings. The highest BCUT2D eigenvalue weighted by molar-refractivity contribution is 5.71. The number of para-hydroxylation sites is 1. The van der Waals surface area contributed by atoms with E-state index in [-0.39, 0.29) is 6.10 Å². The molecule has 0 amide bonds. The zero-order valence-electron chi connectivity index (χ0n) is 10.3. The predicted octanol–water partition coefficient (Wildman–Crippen LogP) is 1.71. The molecule has 2 N–H and O–H groups in total. The summed E-state index contributed by atoms with van der Waals surface area (Å²) in [6.45, 7) is 2.49. The van der Waals surface area contributed by atoms with Gasteiger partial charge >= 0.3 is 0 Å². The van der Waals surface area contributed by atoms with Crippen molar-refractivity contribution < 1.29 is 4.74 Å². The van der Waals surface area contributed by atoms with Crippen LogP contribution >= 0.6 is 0 Å². The Morgan fingerprint density at radius 3 is 2.94 bits per heavy atom. The largest absolute Gasteiger partial charge is 0.488 e. The van der Waals surface area contributed by atoms with Crippen LogP contribution in [0.1, 0.15) is 11.3 Å². The summed E-state index contributed by atoms with van der Waals surface area (Å²) in [5, 5.41) is 0. The number of ether oxygens (including phenoxy) is 1. The van der Waals surface area contributed by atoms with Crippen LogP contribution < -0.4 is 10.5 Å². The van der Waals surface area contributed by atoms with Crippen LogP contribution in [-0.4, -0.2) is 22.6 Å². The van der Waals surface area contributed by atoms with Gasteiger partial charge in [0, 0.05) is 30.9 Å². The summed E-state index contributed by atoms with van der Waals surface area (Å²) in [6.07, 6.45) is 4.36. The van der Waals surface area contributed by atoms with Crippen LogP contribution in [0.15, 0.2) is 30.6 Å². The molecule has 0 saturated heterocycles. The summed E-state index contributed by atoms with van der Waals surface area (Å²) in [7, 11) is 0. The fourth-order valence-corrected chi connectivity index (χ4v) is 2.33. The van der Waals surface area contributed by atoms with Crippen molar-refractivity contribution in [1.82, 2.24) is 9.97 Å². The predicted molar refractivity (Wildman–Crippen MR) is 69.4 cm³/mol. The quantitative estimate of drug-likeness (QED) is 0.869. The highest BCUT2D eigenvalue weighted by atomic mass is 16.5. The molecule has 3 rings (SSSR count). The minimum atomic E-state index is 0.0816. The summed E-state index contributed by atoms with van der Waals surface area (Å²) in [5.74, 6) is 0.913. The Kier molecular flexibility index (Phi) is 2.72. The zero-order chi connectivity index (χ0) is 12.5. The SMILES string of the molecule is Cc1nccnc1-c1cccc2c1O[C@H](CN)C2. The molecule has 1 atom stereocenters. The highest BCUT2D eigenvalue weighted by Gasteiger charge is 2.25. The molecule has 2 heterocycles. The molecular weight excluding hydrogens is 226 g/mol. The third-order valence-corrected chi connectivity index (χ3v) is 3.23. The van der Waals surface area contributed by atoms with Crippen LogP contribution in [-0.2, 0) is 6.42 Å². The molecule has 1 aliphatic heterocycles. The third kappa shape index (κ3) is 1.75. The van der Waals surface area contributed by atoms with E-state index in [0.717, 1.165) is 29.1 Å². The second-order valence-electron chi connectivity index (χ2n) is 4.46. The van der Waals surface area contributed by atoms with Crippen molar-refractivity contribution in [2.75, 3.05) is 6.54 Å². The van der Waals surface area contributed by atoms with Crippen LogP contribution in [0, 0.1) is 6.92 Å². The molecule has 4 heteroatoms. The van der Waals surface area contributed by atoms with Crippen molar-refractivity contribution in [3.63, 3.8) is 0 Å². The summed E-state index contributed by atoms with van der Waals surface area (Å²) < 4.78 is 5.90. The highest BCUT2D eigenvalue weighted by Crippen LogP contribution is 2.38. The number of aromatic nitrogens is 2. The van der Waals surface area contributed by atoms with E-state index >= 15 is 0 Å². The minimum absolute atomic E-state index is 0.0816. The molecule has 1 aromatic heterocycles. The lowest BCUT2D eigenvalue weighted by atomic mass is 10.0. The van der Waals surface area contributed by atoms with Gasteiger partial charge in [-0.05, 0) is 18.6 Å². The van der Waals surface area contributed by atoms with E-state index in [4.69, 9.17) is 10.5 Å². The number of hydrogen-bond donors (Lipinski definition) is 1. The van der Waals surface area contributed by atoms with Crippen LogP contribution in [0.2, 0.25) is 0 Å². The first-order chi connectivity index (χ1) is 8.79. The number of aryl methyl sites for hydroxylation is 1. The van der Waals surface area contributed by atoms with E-state index in [9.17, 15) is 0 Å². The number of hydrogen-bond acceptors (Lipinski definition) is 4. The molecule has 92 valence electrons. The van der Waals surface area contributed by atoms with Crippen molar-refractivity contribution in [2.24, 2.45) is 5.73 Å². The van der Waals surface area contributed by atoms with Gasteiger partial charge in [-0.2, -0.15) is 0 Å². The smallest absolute Gasteiger partial charge is 0.132 e. The molecule has 0 bridgehead atoms.